The van der Waals surface area contributed by atoms with Crippen LogP contribution in [0.15, 0.2) is 48.5 Å². The van der Waals surface area contributed by atoms with Gasteiger partial charge in [0.1, 0.15) is 5.82 Å². The van der Waals surface area contributed by atoms with Crippen LogP contribution < -0.4 is 0 Å². The fourth-order valence-corrected chi connectivity index (χ4v) is 5.02. The minimum atomic E-state index is -4.14. The SMILES string of the molecule is CC[C@@H](C)[C@](CC)(CCc1cc(C(=O)/C=C/c2ccc(F)cc2)ccc1C)N(C)CCCC(F)(F)F. The lowest BCUT2D eigenvalue weighted by Gasteiger charge is -2.46. The molecule has 0 aliphatic rings. The number of ketones is 1. The van der Waals surface area contributed by atoms with E-state index in [1.807, 2.05) is 26.1 Å². The van der Waals surface area contributed by atoms with E-state index in [4.69, 9.17) is 0 Å². The van der Waals surface area contributed by atoms with Crippen LogP contribution >= 0.6 is 0 Å². The number of carbonyl (C=O) groups is 1. The van der Waals surface area contributed by atoms with Crippen molar-refractivity contribution in [3.63, 3.8) is 0 Å². The highest BCUT2D eigenvalue weighted by molar-refractivity contribution is 6.06. The number of nitrogens with zero attached hydrogens (tertiary/aromatic N) is 1. The van der Waals surface area contributed by atoms with Crippen molar-refractivity contribution in [2.24, 2.45) is 5.92 Å². The van der Waals surface area contributed by atoms with Gasteiger partial charge in [0.25, 0.3) is 0 Å². The topological polar surface area (TPSA) is 20.3 Å². The first-order valence-electron chi connectivity index (χ1n) is 12.8. The molecule has 0 saturated carbocycles. The predicted molar refractivity (Wildman–Crippen MR) is 140 cm³/mol. The normalized spacial score (nSPS) is 14.8. The Kier molecular flexibility index (Phi) is 10.9. The van der Waals surface area contributed by atoms with Gasteiger partial charge in [-0.2, -0.15) is 13.2 Å². The van der Waals surface area contributed by atoms with Gasteiger partial charge in [-0.1, -0.05) is 57.5 Å². The smallest absolute Gasteiger partial charge is 0.300 e. The number of alkyl halides is 3. The summed E-state index contributed by atoms with van der Waals surface area (Å²) in [6.45, 7) is 8.82. The molecule has 0 N–H and O–H groups in total. The van der Waals surface area contributed by atoms with E-state index in [1.165, 1.54) is 18.2 Å². The maximum Gasteiger partial charge on any atom is 0.389 e. The molecule has 2 rings (SSSR count). The van der Waals surface area contributed by atoms with E-state index in [-0.39, 0.29) is 23.6 Å². The zero-order chi connectivity index (χ0) is 26.9. The van der Waals surface area contributed by atoms with Crippen molar-refractivity contribution in [1.29, 1.82) is 0 Å². The van der Waals surface area contributed by atoms with Gasteiger partial charge in [0.15, 0.2) is 5.78 Å². The Morgan fingerprint density at radius 2 is 1.72 bits per heavy atom. The number of aryl methyl sites for hydroxylation is 2. The third-order valence-electron chi connectivity index (χ3n) is 7.61. The number of allylic oxidation sites excluding steroid dienone is 1. The maximum absolute atomic E-state index is 13.1. The first-order valence-corrected chi connectivity index (χ1v) is 12.8. The average Bonchev–Trinajstić information content (AvgIpc) is 2.84. The average molecular weight is 506 g/mol. The minimum absolute atomic E-state index is 0.0849. The van der Waals surface area contributed by atoms with Crippen LogP contribution in [-0.4, -0.2) is 36.0 Å². The van der Waals surface area contributed by atoms with E-state index >= 15 is 0 Å². The molecule has 198 valence electrons. The molecule has 0 saturated heterocycles. The predicted octanol–water partition coefficient (Wildman–Crippen LogP) is 8.43. The van der Waals surface area contributed by atoms with Crippen LogP contribution in [0.2, 0.25) is 0 Å². The van der Waals surface area contributed by atoms with E-state index < -0.39 is 12.6 Å². The highest BCUT2D eigenvalue weighted by Crippen LogP contribution is 2.36. The van der Waals surface area contributed by atoms with Crippen molar-refractivity contribution in [3.05, 3.63) is 76.6 Å². The number of halogens is 4. The molecule has 0 heterocycles. The van der Waals surface area contributed by atoms with Gasteiger partial charge < -0.3 is 4.90 Å². The summed E-state index contributed by atoms with van der Waals surface area (Å²) in [5.74, 6) is -0.149. The maximum atomic E-state index is 13.1. The van der Waals surface area contributed by atoms with Crippen LogP contribution in [0.1, 0.15) is 79.9 Å². The van der Waals surface area contributed by atoms with Gasteiger partial charge in [-0.25, -0.2) is 4.39 Å². The highest BCUT2D eigenvalue weighted by atomic mass is 19.4. The van der Waals surface area contributed by atoms with Crippen LogP contribution in [0.5, 0.6) is 0 Å². The van der Waals surface area contributed by atoms with Crippen LogP contribution in [0.25, 0.3) is 6.08 Å². The molecule has 0 aliphatic carbocycles. The van der Waals surface area contributed by atoms with E-state index in [1.54, 1.807) is 24.3 Å². The number of carbonyl (C=O) groups excluding carboxylic acids is 1. The van der Waals surface area contributed by atoms with Crippen LogP contribution in [0.4, 0.5) is 17.6 Å². The monoisotopic (exact) mass is 505 g/mol. The second-order valence-electron chi connectivity index (χ2n) is 9.80. The van der Waals surface area contributed by atoms with Crippen molar-refractivity contribution in [1.82, 2.24) is 4.90 Å². The van der Waals surface area contributed by atoms with Crippen molar-refractivity contribution in [2.75, 3.05) is 13.6 Å². The number of hydrogen-bond donors (Lipinski definition) is 0. The summed E-state index contributed by atoms with van der Waals surface area (Å²) in [5, 5.41) is 0. The third-order valence-corrected chi connectivity index (χ3v) is 7.61. The van der Waals surface area contributed by atoms with Crippen LogP contribution in [0, 0.1) is 18.7 Å². The van der Waals surface area contributed by atoms with E-state index in [9.17, 15) is 22.4 Å². The second-order valence-corrected chi connectivity index (χ2v) is 9.80. The second kappa shape index (κ2) is 13.2. The lowest BCUT2D eigenvalue weighted by Crippen LogP contribution is -2.51. The summed E-state index contributed by atoms with van der Waals surface area (Å²) >= 11 is 0. The Balaban J connectivity index is 2.19. The lowest BCUT2D eigenvalue weighted by molar-refractivity contribution is -0.137. The molecule has 0 fully saturated rings. The summed E-state index contributed by atoms with van der Waals surface area (Å²) in [6, 6.07) is 11.6. The van der Waals surface area contributed by atoms with Gasteiger partial charge in [0.05, 0.1) is 0 Å². The highest BCUT2D eigenvalue weighted by Gasteiger charge is 2.37. The molecule has 0 radical (unpaired) electrons. The zero-order valence-electron chi connectivity index (χ0n) is 22.1. The van der Waals surface area contributed by atoms with Gasteiger partial charge in [-0.3, -0.25) is 4.79 Å². The van der Waals surface area contributed by atoms with Crippen molar-refractivity contribution >= 4 is 11.9 Å². The Morgan fingerprint density at radius 1 is 1.06 bits per heavy atom. The van der Waals surface area contributed by atoms with Crippen molar-refractivity contribution in [3.8, 4) is 0 Å². The third kappa shape index (κ3) is 8.29. The Bertz CT molecular complexity index is 1010. The first kappa shape index (κ1) is 29.8. The molecular weight excluding hydrogens is 466 g/mol. The van der Waals surface area contributed by atoms with E-state index in [0.717, 1.165) is 42.4 Å². The Hall–Kier alpha value is -2.47. The van der Waals surface area contributed by atoms with Gasteiger partial charge in [-0.05, 0) is 93.1 Å². The standard InChI is InChI=1S/C30H39F4NO/c1-6-23(4)29(7-2,35(5)20-8-18-30(32,33)34)19-17-25-21-26(13-9-22(25)3)28(36)16-12-24-10-14-27(31)15-11-24/h9-16,21,23H,6-8,17-20H2,1-5H3/b16-12+/t23-,29+/m1/s1. The Labute approximate surface area is 213 Å². The molecule has 2 nitrogen and oxygen atoms in total. The Morgan fingerprint density at radius 3 is 2.31 bits per heavy atom. The van der Waals surface area contributed by atoms with Gasteiger partial charge in [0, 0.05) is 17.5 Å². The molecule has 2 aromatic carbocycles. The molecule has 2 aromatic rings. The largest absolute Gasteiger partial charge is 0.389 e. The van der Waals surface area contributed by atoms with Crippen LogP contribution in [-0.2, 0) is 6.42 Å². The van der Waals surface area contributed by atoms with Crippen LogP contribution in [0.3, 0.4) is 0 Å². The van der Waals surface area contributed by atoms with Gasteiger partial charge in [-0.15, -0.1) is 0 Å². The molecule has 0 amide bonds. The van der Waals surface area contributed by atoms with Gasteiger partial charge in [0.2, 0.25) is 0 Å². The minimum Gasteiger partial charge on any atom is -0.300 e. The quantitative estimate of drug-likeness (QED) is 0.155. The molecule has 2 atom stereocenters. The molecular formula is C30H39F4NO. The summed E-state index contributed by atoms with van der Waals surface area (Å²) < 4.78 is 51.3. The summed E-state index contributed by atoms with van der Waals surface area (Å²) in [6.07, 6.45) is 1.64. The van der Waals surface area contributed by atoms with Crippen molar-refractivity contribution in [2.45, 2.75) is 77.9 Å². The molecule has 0 unspecified atom stereocenters. The summed E-state index contributed by atoms with van der Waals surface area (Å²) in [7, 11) is 1.94. The number of benzene rings is 2. The molecule has 0 aliphatic heterocycles. The number of hydrogen-bond acceptors (Lipinski definition) is 2. The molecule has 0 bridgehead atoms. The molecule has 36 heavy (non-hydrogen) atoms. The van der Waals surface area contributed by atoms with E-state index in [2.05, 4.69) is 25.7 Å². The fraction of sp³-hybridized carbons (Fsp3) is 0.500. The zero-order valence-corrected chi connectivity index (χ0v) is 22.1. The molecule has 0 aromatic heterocycles. The molecule has 6 heteroatoms. The summed E-state index contributed by atoms with van der Waals surface area (Å²) in [4.78, 5) is 14.9. The number of rotatable bonds is 13. The first-order chi connectivity index (χ1) is 16.9. The van der Waals surface area contributed by atoms with Gasteiger partial charge >= 0.3 is 6.18 Å². The lowest BCUT2D eigenvalue weighted by atomic mass is 9.75. The van der Waals surface area contributed by atoms with Crippen molar-refractivity contribution < 1.29 is 22.4 Å². The summed E-state index contributed by atoms with van der Waals surface area (Å²) in [5.41, 5.74) is 3.25. The molecule has 0 spiro atoms. The fourth-order valence-electron chi connectivity index (χ4n) is 5.02. The van der Waals surface area contributed by atoms with E-state index in [0.29, 0.717) is 18.0 Å².